The number of aromatic nitrogens is 1. The molecule has 1 fully saturated rings. The van der Waals surface area contributed by atoms with E-state index in [1.807, 2.05) is 42.6 Å². The van der Waals surface area contributed by atoms with E-state index in [1.165, 1.54) is 0 Å². The molecule has 2 atom stereocenters. The van der Waals surface area contributed by atoms with Crippen LogP contribution in [0.2, 0.25) is 0 Å². The van der Waals surface area contributed by atoms with Crippen molar-refractivity contribution in [1.29, 1.82) is 0 Å². The molecule has 32 heavy (non-hydrogen) atoms. The van der Waals surface area contributed by atoms with Crippen LogP contribution in [-0.4, -0.2) is 59.6 Å². The van der Waals surface area contributed by atoms with E-state index in [-0.39, 0.29) is 5.60 Å². The Morgan fingerprint density at radius 3 is 2.59 bits per heavy atom. The fraction of sp³-hybridized carbons (Fsp3) is 0.440. The molecule has 0 saturated carbocycles. The van der Waals surface area contributed by atoms with Crippen LogP contribution in [0.25, 0.3) is 10.9 Å². The summed E-state index contributed by atoms with van der Waals surface area (Å²) in [6.07, 6.45) is 2.94. The van der Waals surface area contributed by atoms with Gasteiger partial charge in [0.05, 0.1) is 26.4 Å². The van der Waals surface area contributed by atoms with Crippen LogP contribution in [0.15, 0.2) is 42.6 Å². The van der Waals surface area contributed by atoms with E-state index in [0.29, 0.717) is 13.0 Å². The summed E-state index contributed by atoms with van der Waals surface area (Å²) in [5, 5.41) is 22.7. The monoisotopic (exact) mass is 438 g/mol. The van der Waals surface area contributed by atoms with Crippen molar-refractivity contribution in [2.24, 2.45) is 0 Å². The molecule has 5 rings (SSSR count). The third-order valence-electron chi connectivity index (χ3n) is 6.95. The average molecular weight is 439 g/mol. The van der Waals surface area contributed by atoms with E-state index in [1.54, 1.807) is 14.2 Å². The molecule has 2 unspecified atom stereocenters. The molecule has 0 amide bonds. The van der Waals surface area contributed by atoms with Crippen molar-refractivity contribution >= 4 is 10.9 Å². The number of nitrogens with one attached hydrogen (secondary N) is 1. The molecule has 0 bridgehead atoms. The van der Waals surface area contributed by atoms with Crippen molar-refractivity contribution in [2.75, 3.05) is 33.9 Å². The van der Waals surface area contributed by atoms with Crippen molar-refractivity contribution in [2.45, 2.75) is 37.1 Å². The zero-order valence-corrected chi connectivity index (χ0v) is 18.5. The number of hydrogen-bond acceptors (Lipinski definition) is 6. The van der Waals surface area contributed by atoms with Gasteiger partial charge in [-0.25, -0.2) is 0 Å². The predicted octanol–water partition coefficient (Wildman–Crippen LogP) is 3.57. The van der Waals surface area contributed by atoms with Crippen LogP contribution in [0.5, 0.6) is 17.2 Å². The highest BCUT2D eigenvalue weighted by Crippen LogP contribution is 2.45. The standard InChI is InChI=1S/C25H30N2O5/c1-30-16-4-6-24-19(11-16)22(28)13-25(32-24)7-9-27(10-8-25)15-23(29)20-14-26-21-12-17(31-2)3-5-18(20)21/h3-6,11-12,14,22-23,26,28-29H,7-10,13,15H2,1-2H3. The molecule has 7 nitrogen and oxygen atoms in total. The molecule has 3 N–H and O–H groups in total. The summed E-state index contributed by atoms with van der Waals surface area (Å²) in [6, 6.07) is 11.5. The van der Waals surface area contributed by atoms with Crippen LogP contribution < -0.4 is 14.2 Å². The predicted molar refractivity (Wildman–Crippen MR) is 121 cm³/mol. The Morgan fingerprint density at radius 1 is 1.12 bits per heavy atom. The Labute approximate surface area is 187 Å². The quantitative estimate of drug-likeness (QED) is 0.565. The molecule has 7 heteroatoms. The van der Waals surface area contributed by atoms with Gasteiger partial charge in [0.15, 0.2) is 0 Å². The normalized spacial score (nSPS) is 21.2. The van der Waals surface area contributed by atoms with Gasteiger partial charge in [-0.15, -0.1) is 0 Å². The number of aliphatic hydroxyl groups excluding tert-OH is 2. The first kappa shape index (κ1) is 21.1. The van der Waals surface area contributed by atoms with Gasteiger partial charge in [-0.1, -0.05) is 0 Å². The highest BCUT2D eigenvalue weighted by atomic mass is 16.5. The maximum Gasteiger partial charge on any atom is 0.126 e. The van der Waals surface area contributed by atoms with Crippen molar-refractivity contribution in [3.8, 4) is 17.2 Å². The molecule has 0 radical (unpaired) electrons. The van der Waals surface area contributed by atoms with Gasteiger partial charge >= 0.3 is 0 Å². The third-order valence-corrected chi connectivity index (χ3v) is 6.95. The Balaban J connectivity index is 1.24. The zero-order valence-electron chi connectivity index (χ0n) is 18.5. The average Bonchev–Trinajstić information content (AvgIpc) is 3.24. The van der Waals surface area contributed by atoms with Crippen LogP contribution in [0.3, 0.4) is 0 Å². The Hall–Kier alpha value is -2.74. The summed E-state index contributed by atoms with van der Waals surface area (Å²) in [7, 11) is 3.27. The number of hydrogen-bond donors (Lipinski definition) is 3. The van der Waals surface area contributed by atoms with E-state index >= 15 is 0 Å². The largest absolute Gasteiger partial charge is 0.497 e. The van der Waals surface area contributed by atoms with E-state index in [4.69, 9.17) is 14.2 Å². The van der Waals surface area contributed by atoms with Crippen molar-refractivity contribution in [3.05, 3.63) is 53.7 Å². The number of benzene rings is 2. The second-order valence-electron chi connectivity index (χ2n) is 8.88. The number of likely N-dealkylation sites (tertiary alicyclic amines) is 1. The lowest BCUT2D eigenvalue weighted by atomic mass is 9.81. The lowest BCUT2D eigenvalue weighted by Gasteiger charge is -2.46. The number of piperidine rings is 1. The molecule has 1 saturated heterocycles. The first-order chi connectivity index (χ1) is 15.5. The van der Waals surface area contributed by atoms with Crippen molar-refractivity contribution < 1.29 is 24.4 Å². The maximum absolute atomic E-state index is 10.9. The highest BCUT2D eigenvalue weighted by molar-refractivity contribution is 5.84. The molecule has 3 heterocycles. The van der Waals surface area contributed by atoms with Gasteiger partial charge in [0.2, 0.25) is 0 Å². The van der Waals surface area contributed by atoms with Crippen LogP contribution in [-0.2, 0) is 0 Å². The van der Waals surface area contributed by atoms with Gasteiger partial charge in [0.25, 0.3) is 0 Å². The highest BCUT2D eigenvalue weighted by Gasteiger charge is 2.43. The molecule has 170 valence electrons. The Morgan fingerprint density at radius 2 is 1.84 bits per heavy atom. The Kier molecular flexibility index (Phi) is 5.49. The first-order valence-corrected chi connectivity index (χ1v) is 11.1. The second kappa shape index (κ2) is 8.31. The minimum atomic E-state index is -0.586. The van der Waals surface area contributed by atoms with Crippen LogP contribution in [0.4, 0.5) is 0 Å². The molecule has 1 spiro atoms. The number of ether oxygens (including phenoxy) is 3. The molecule has 2 aromatic carbocycles. The molecule has 2 aliphatic heterocycles. The number of β-amino-alcohol motifs (C(OH)–C–C–N with tert-alkyl or cyclic N) is 1. The number of methoxy groups -OCH3 is 2. The second-order valence-corrected chi connectivity index (χ2v) is 8.88. The summed E-state index contributed by atoms with van der Waals surface area (Å²) >= 11 is 0. The van der Waals surface area contributed by atoms with Crippen LogP contribution in [0.1, 0.15) is 42.6 Å². The lowest BCUT2D eigenvalue weighted by molar-refractivity contribution is -0.0588. The first-order valence-electron chi connectivity index (χ1n) is 11.1. The van der Waals surface area contributed by atoms with E-state index in [0.717, 1.165) is 65.2 Å². The Bertz CT molecular complexity index is 1100. The number of aromatic amines is 1. The van der Waals surface area contributed by atoms with E-state index in [2.05, 4.69) is 9.88 Å². The molecule has 0 aliphatic carbocycles. The molecule has 1 aromatic heterocycles. The summed E-state index contributed by atoms with van der Waals surface area (Å²) in [5.74, 6) is 2.26. The number of aliphatic hydroxyl groups is 2. The van der Waals surface area contributed by atoms with Crippen molar-refractivity contribution in [1.82, 2.24) is 9.88 Å². The summed E-state index contributed by atoms with van der Waals surface area (Å²) in [4.78, 5) is 5.51. The van der Waals surface area contributed by atoms with E-state index in [9.17, 15) is 10.2 Å². The summed E-state index contributed by atoms with van der Waals surface area (Å²) in [5.41, 5.74) is 2.29. The van der Waals surface area contributed by atoms with Gasteiger partial charge in [-0.3, -0.25) is 0 Å². The maximum atomic E-state index is 10.9. The van der Waals surface area contributed by atoms with E-state index < -0.39 is 12.2 Å². The summed E-state index contributed by atoms with van der Waals surface area (Å²) < 4.78 is 17.0. The fourth-order valence-electron chi connectivity index (χ4n) is 5.07. The summed E-state index contributed by atoms with van der Waals surface area (Å²) in [6.45, 7) is 2.18. The van der Waals surface area contributed by atoms with Crippen LogP contribution in [0, 0.1) is 0 Å². The molecular weight excluding hydrogens is 408 g/mol. The van der Waals surface area contributed by atoms with Crippen molar-refractivity contribution in [3.63, 3.8) is 0 Å². The van der Waals surface area contributed by atoms with Crippen LogP contribution >= 0.6 is 0 Å². The molecular formula is C25H30N2O5. The van der Waals surface area contributed by atoms with Gasteiger partial charge < -0.3 is 34.3 Å². The minimum absolute atomic E-state index is 0.361. The minimum Gasteiger partial charge on any atom is -0.497 e. The zero-order chi connectivity index (χ0) is 22.3. The number of fused-ring (bicyclic) bond motifs is 2. The fourth-order valence-corrected chi connectivity index (χ4v) is 5.07. The lowest BCUT2D eigenvalue weighted by Crippen LogP contribution is -2.51. The number of nitrogens with zero attached hydrogens (tertiary/aromatic N) is 1. The molecule has 2 aliphatic rings. The van der Waals surface area contributed by atoms with Gasteiger partial charge in [0, 0.05) is 60.3 Å². The smallest absolute Gasteiger partial charge is 0.126 e. The molecule has 3 aromatic rings. The number of H-pyrrole nitrogens is 1. The van der Waals surface area contributed by atoms with Gasteiger partial charge in [0.1, 0.15) is 22.8 Å². The third kappa shape index (κ3) is 3.81. The van der Waals surface area contributed by atoms with Gasteiger partial charge in [-0.2, -0.15) is 0 Å². The number of rotatable bonds is 5. The topological polar surface area (TPSA) is 87.2 Å². The van der Waals surface area contributed by atoms with Gasteiger partial charge in [-0.05, 0) is 43.2 Å². The SMILES string of the molecule is COc1ccc2c(c1)C(O)CC1(CCN(CC(O)c3c[nH]c4cc(OC)ccc34)CC1)O2.